The van der Waals surface area contributed by atoms with Crippen molar-refractivity contribution in [3.63, 3.8) is 0 Å². The van der Waals surface area contributed by atoms with Crippen LogP contribution in [0.1, 0.15) is 0 Å². The number of hydrogen-bond donors (Lipinski definition) is 0. The van der Waals surface area contributed by atoms with Gasteiger partial charge in [-0.05, 0) is 60.6 Å². The lowest BCUT2D eigenvalue weighted by molar-refractivity contribution is 0.670. The molecule has 200 valence electrons. The summed E-state index contributed by atoms with van der Waals surface area (Å²) in [5.74, 6) is 0. The van der Waals surface area contributed by atoms with Crippen LogP contribution in [0.5, 0.6) is 0 Å². The highest BCUT2D eigenvalue weighted by molar-refractivity contribution is 6.26. The van der Waals surface area contributed by atoms with Crippen LogP contribution < -0.4 is 0 Å². The maximum absolute atomic E-state index is 6.74. The molecule has 0 fully saturated rings. The average Bonchev–Trinajstić information content (AvgIpc) is 3.47. The van der Waals surface area contributed by atoms with Crippen LogP contribution in [0.15, 0.2) is 162 Å². The third-order valence-corrected chi connectivity index (χ3v) is 8.87. The zero-order valence-electron chi connectivity index (χ0n) is 23.4. The minimum atomic E-state index is 0.920. The van der Waals surface area contributed by atoms with Gasteiger partial charge in [-0.1, -0.05) is 152 Å². The quantitative estimate of drug-likeness (QED) is 0.201. The normalized spacial score (nSPS) is 11.7. The van der Waals surface area contributed by atoms with Gasteiger partial charge in [0.1, 0.15) is 11.2 Å². The zero-order chi connectivity index (χ0) is 28.3. The molecule has 0 bridgehead atoms. The lowest BCUT2D eigenvalue weighted by Crippen LogP contribution is -1.92. The van der Waals surface area contributed by atoms with Gasteiger partial charge in [0, 0.05) is 21.9 Å². The molecule has 0 unspecified atom stereocenters. The maximum Gasteiger partial charge on any atom is 0.143 e. The minimum absolute atomic E-state index is 0.920. The van der Waals surface area contributed by atoms with E-state index in [2.05, 4.69) is 158 Å². The topological polar surface area (TPSA) is 13.1 Å². The smallest absolute Gasteiger partial charge is 0.143 e. The van der Waals surface area contributed by atoms with Crippen molar-refractivity contribution >= 4 is 54.3 Å². The molecule has 0 spiro atoms. The van der Waals surface area contributed by atoms with E-state index in [-0.39, 0.29) is 0 Å². The van der Waals surface area contributed by atoms with Crippen molar-refractivity contribution in [1.82, 2.24) is 0 Å². The predicted octanol–water partition coefficient (Wildman–Crippen LogP) is 12.0. The summed E-state index contributed by atoms with van der Waals surface area (Å²) in [7, 11) is 0. The molecule has 8 aromatic carbocycles. The molecular formula is C42H26O. The number of benzene rings is 8. The summed E-state index contributed by atoms with van der Waals surface area (Å²) in [4.78, 5) is 0. The minimum Gasteiger partial charge on any atom is -0.455 e. The van der Waals surface area contributed by atoms with E-state index >= 15 is 0 Å². The highest BCUT2D eigenvalue weighted by Crippen LogP contribution is 2.48. The first kappa shape index (κ1) is 24.0. The lowest BCUT2D eigenvalue weighted by atomic mass is 9.83. The van der Waals surface area contributed by atoms with Gasteiger partial charge >= 0.3 is 0 Å². The van der Waals surface area contributed by atoms with Crippen molar-refractivity contribution in [2.24, 2.45) is 0 Å². The van der Waals surface area contributed by atoms with Gasteiger partial charge in [-0.25, -0.2) is 0 Å². The summed E-state index contributed by atoms with van der Waals surface area (Å²) in [6.07, 6.45) is 0. The Morgan fingerprint density at radius 3 is 1.53 bits per heavy atom. The van der Waals surface area contributed by atoms with Gasteiger partial charge < -0.3 is 4.42 Å². The Kier molecular flexibility index (Phi) is 5.27. The molecule has 9 rings (SSSR count). The predicted molar refractivity (Wildman–Crippen MR) is 183 cm³/mol. The van der Waals surface area contributed by atoms with Crippen LogP contribution in [0.25, 0.3) is 87.6 Å². The molecule has 1 heteroatoms. The fraction of sp³-hybridized carbons (Fsp3) is 0. The zero-order valence-corrected chi connectivity index (χ0v) is 23.4. The molecule has 0 aliphatic carbocycles. The van der Waals surface area contributed by atoms with Crippen LogP contribution in [0, 0.1) is 0 Å². The largest absolute Gasteiger partial charge is 0.455 e. The van der Waals surface area contributed by atoms with Gasteiger partial charge in [0.2, 0.25) is 0 Å². The van der Waals surface area contributed by atoms with E-state index in [1.54, 1.807) is 0 Å². The summed E-state index contributed by atoms with van der Waals surface area (Å²) in [5.41, 5.74) is 9.13. The first-order chi connectivity index (χ1) is 21.4. The van der Waals surface area contributed by atoms with Crippen LogP contribution >= 0.6 is 0 Å². The van der Waals surface area contributed by atoms with E-state index in [1.807, 2.05) is 0 Å². The van der Waals surface area contributed by atoms with Gasteiger partial charge in [0.25, 0.3) is 0 Å². The van der Waals surface area contributed by atoms with E-state index in [0.29, 0.717) is 0 Å². The monoisotopic (exact) mass is 546 g/mol. The fourth-order valence-corrected chi connectivity index (χ4v) is 7.04. The van der Waals surface area contributed by atoms with Crippen molar-refractivity contribution in [1.29, 1.82) is 0 Å². The van der Waals surface area contributed by atoms with Crippen LogP contribution in [0.2, 0.25) is 0 Å². The number of rotatable bonds is 3. The van der Waals surface area contributed by atoms with Gasteiger partial charge in [-0.2, -0.15) is 0 Å². The molecule has 43 heavy (non-hydrogen) atoms. The van der Waals surface area contributed by atoms with Gasteiger partial charge in [-0.3, -0.25) is 0 Å². The van der Waals surface area contributed by atoms with E-state index in [4.69, 9.17) is 4.42 Å². The molecule has 0 amide bonds. The van der Waals surface area contributed by atoms with Crippen LogP contribution in [-0.2, 0) is 0 Å². The van der Waals surface area contributed by atoms with Crippen LogP contribution in [-0.4, -0.2) is 0 Å². The van der Waals surface area contributed by atoms with Gasteiger partial charge in [-0.15, -0.1) is 0 Å². The van der Waals surface area contributed by atoms with E-state index in [0.717, 1.165) is 22.1 Å². The van der Waals surface area contributed by atoms with Crippen molar-refractivity contribution in [2.45, 2.75) is 0 Å². The lowest BCUT2D eigenvalue weighted by Gasteiger charge is -2.19. The Bertz CT molecular complexity index is 2440. The molecule has 0 radical (unpaired) electrons. The molecule has 0 aliphatic rings. The molecule has 1 nitrogen and oxygen atoms in total. The molecule has 0 aliphatic heterocycles. The first-order valence-electron chi connectivity index (χ1n) is 14.8. The third-order valence-electron chi connectivity index (χ3n) is 8.87. The SMILES string of the molecule is c1ccc(-c2ccccc2-c2c3ccccc3c(-c3cccc4c3oc3ccc5ccccc5c34)c3ccccc23)cc1. The molecule has 0 saturated heterocycles. The Balaban J connectivity index is 1.42. The Labute approximate surface area is 249 Å². The molecule has 0 N–H and O–H groups in total. The number of fused-ring (bicyclic) bond motifs is 7. The summed E-state index contributed by atoms with van der Waals surface area (Å²) < 4.78 is 6.74. The average molecular weight is 547 g/mol. The first-order valence-corrected chi connectivity index (χ1v) is 14.8. The second-order valence-electron chi connectivity index (χ2n) is 11.2. The maximum atomic E-state index is 6.74. The fourth-order valence-electron chi connectivity index (χ4n) is 7.04. The summed E-state index contributed by atoms with van der Waals surface area (Å²) in [5, 5.41) is 9.68. The highest BCUT2D eigenvalue weighted by Gasteiger charge is 2.21. The van der Waals surface area contributed by atoms with Crippen molar-refractivity contribution in [3.05, 3.63) is 158 Å². The van der Waals surface area contributed by atoms with Crippen molar-refractivity contribution in [2.75, 3.05) is 0 Å². The van der Waals surface area contributed by atoms with Crippen LogP contribution in [0.3, 0.4) is 0 Å². The molecule has 1 aromatic heterocycles. The Hall–Kier alpha value is -5.66. The van der Waals surface area contributed by atoms with E-state index in [9.17, 15) is 0 Å². The summed E-state index contributed by atoms with van der Waals surface area (Å²) in [6.45, 7) is 0. The standard InChI is InChI=1S/C42H26O/c1-2-13-27(14-3-1)29-16-6-7-18-31(29)39-32-19-8-10-21-34(32)40(35-22-11-9-20-33(35)39)36-23-12-24-37-41-30-17-5-4-15-28(30)25-26-38(41)43-42(36)37/h1-26H. The number of hydrogen-bond acceptors (Lipinski definition) is 1. The number of para-hydroxylation sites is 1. The number of furan rings is 1. The van der Waals surface area contributed by atoms with Crippen molar-refractivity contribution in [3.8, 4) is 33.4 Å². The molecule has 0 saturated carbocycles. The van der Waals surface area contributed by atoms with E-state index in [1.165, 1.54) is 65.5 Å². The van der Waals surface area contributed by atoms with Gasteiger partial charge in [0.15, 0.2) is 0 Å². The Morgan fingerprint density at radius 2 is 0.837 bits per heavy atom. The second kappa shape index (κ2) is 9.44. The Morgan fingerprint density at radius 1 is 0.326 bits per heavy atom. The molecule has 0 atom stereocenters. The molecule has 9 aromatic rings. The summed E-state index contributed by atoms with van der Waals surface area (Å²) in [6, 6.07) is 56.6. The third kappa shape index (κ3) is 3.58. The highest BCUT2D eigenvalue weighted by atomic mass is 16.3. The van der Waals surface area contributed by atoms with Crippen molar-refractivity contribution < 1.29 is 4.42 Å². The summed E-state index contributed by atoms with van der Waals surface area (Å²) >= 11 is 0. The van der Waals surface area contributed by atoms with Crippen LogP contribution in [0.4, 0.5) is 0 Å². The second-order valence-corrected chi connectivity index (χ2v) is 11.2. The molecule has 1 heterocycles. The van der Waals surface area contributed by atoms with Gasteiger partial charge in [0.05, 0.1) is 0 Å². The molecular weight excluding hydrogens is 520 g/mol. The van der Waals surface area contributed by atoms with E-state index < -0.39 is 0 Å².